The quantitative estimate of drug-likeness (QED) is 0.122. The number of hydrogen-bond donors (Lipinski definition) is 0. The summed E-state index contributed by atoms with van der Waals surface area (Å²) in [4.78, 5) is 0. The first kappa shape index (κ1) is 35.8. The molecule has 1 saturated heterocycles. The van der Waals surface area contributed by atoms with E-state index >= 15 is 4.39 Å². The van der Waals surface area contributed by atoms with Crippen molar-refractivity contribution in [1.29, 1.82) is 0 Å². The van der Waals surface area contributed by atoms with Gasteiger partial charge in [-0.15, -0.1) is 0 Å². The molecular weight excluding hydrogens is 670 g/mol. The van der Waals surface area contributed by atoms with Gasteiger partial charge in [-0.2, -0.15) is 22.0 Å². The maximum Gasteiger partial charge on any atom is 0.432 e. The van der Waals surface area contributed by atoms with Gasteiger partial charge in [-0.1, -0.05) is 49.7 Å². The molecule has 0 aromatic heterocycles. The minimum Gasteiger partial charge on any atom is -0.459 e. The number of alkyl halides is 5. The highest BCUT2D eigenvalue weighted by atomic mass is 19.4. The highest BCUT2D eigenvalue weighted by Crippen LogP contribution is 2.40. The summed E-state index contributed by atoms with van der Waals surface area (Å²) < 4.78 is 155. The van der Waals surface area contributed by atoms with Gasteiger partial charge in [0.25, 0.3) is 0 Å². The van der Waals surface area contributed by atoms with E-state index in [0.29, 0.717) is 35.8 Å². The largest absolute Gasteiger partial charge is 0.459 e. The predicted octanol–water partition coefficient (Wildman–Crippen LogP) is 11.6. The normalized spacial score (nSPS) is 17.0. The molecule has 0 spiro atoms. The average molecular weight is 699 g/mol. The average Bonchev–Trinajstić information content (AvgIpc) is 3.02. The van der Waals surface area contributed by atoms with Crippen molar-refractivity contribution in [3.63, 3.8) is 0 Å². The van der Waals surface area contributed by atoms with Crippen molar-refractivity contribution in [2.24, 2.45) is 5.92 Å². The SMILES string of the molecule is CCCC1CCC(c2ccc(-c3ccc(-c4cc(F)c(C(F)(F)Oc5cc(F)c(OC=CC(F)(F)F)c(F)c5)c(F)c4)c(F)c3)cc2)OC1. The molecule has 1 aliphatic rings. The molecule has 1 aliphatic heterocycles. The highest BCUT2D eigenvalue weighted by molar-refractivity contribution is 5.71. The van der Waals surface area contributed by atoms with Crippen LogP contribution in [0, 0.1) is 35.0 Å². The van der Waals surface area contributed by atoms with Crippen LogP contribution in [0.5, 0.6) is 11.5 Å². The van der Waals surface area contributed by atoms with Gasteiger partial charge >= 0.3 is 12.3 Å². The Kier molecular flexibility index (Phi) is 10.6. The Morgan fingerprint density at radius 3 is 1.90 bits per heavy atom. The zero-order valence-electron chi connectivity index (χ0n) is 25.7. The van der Waals surface area contributed by atoms with Gasteiger partial charge < -0.3 is 14.2 Å². The second kappa shape index (κ2) is 14.5. The molecule has 5 rings (SSSR count). The van der Waals surface area contributed by atoms with Crippen LogP contribution < -0.4 is 9.47 Å². The maximum atomic E-state index is 15.2. The highest BCUT2D eigenvalue weighted by Gasteiger charge is 2.42. The molecule has 0 N–H and O–H groups in total. The van der Waals surface area contributed by atoms with E-state index in [9.17, 15) is 39.5 Å². The summed E-state index contributed by atoms with van der Waals surface area (Å²) in [6, 6.07) is 12.4. The zero-order valence-corrected chi connectivity index (χ0v) is 25.7. The summed E-state index contributed by atoms with van der Waals surface area (Å²) >= 11 is 0. The van der Waals surface area contributed by atoms with Crippen LogP contribution in [0.4, 0.5) is 43.9 Å². The molecule has 49 heavy (non-hydrogen) atoms. The van der Waals surface area contributed by atoms with Gasteiger partial charge in [0, 0.05) is 17.7 Å². The molecule has 13 heteroatoms. The second-order valence-electron chi connectivity index (χ2n) is 11.5. The Morgan fingerprint density at radius 2 is 1.35 bits per heavy atom. The van der Waals surface area contributed by atoms with E-state index in [1.54, 1.807) is 12.1 Å². The third-order valence-corrected chi connectivity index (χ3v) is 7.96. The van der Waals surface area contributed by atoms with E-state index in [1.165, 1.54) is 12.1 Å². The van der Waals surface area contributed by atoms with Crippen molar-refractivity contribution < 1.29 is 58.1 Å². The summed E-state index contributed by atoms with van der Waals surface area (Å²) in [5, 5.41) is 0. The Bertz CT molecular complexity index is 1770. The second-order valence-corrected chi connectivity index (χ2v) is 11.5. The van der Waals surface area contributed by atoms with Crippen molar-refractivity contribution in [2.45, 2.75) is 51.0 Å². The number of ether oxygens (including phenoxy) is 3. The molecule has 4 aromatic carbocycles. The van der Waals surface area contributed by atoms with Crippen LogP contribution in [-0.4, -0.2) is 12.8 Å². The molecule has 0 radical (unpaired) electrons. The molecule has 0 bridgehead atoms. The van der Waals surface area contributed by atoms with Crippen LogP contribution in [0.15, 0.2) is 79.1 Å². The van der Waals surface area contributed by atoms with Gasteiger partial charge in [0.2, 0.25) is 0 Å². The van der Waals surface area contributed by atoms with E-state index in [2.05, 4.69) is 16.4 Å². The minimum atomic E-state index is -4.87. The lowest BCUT2D eigenvalue weighted by atomic mass is 9.91. The summed E-state index contributed by atoms with van der Waals surface area (Å²) in [5.74, 6) is -10.2. The number of allylic oxidation sites excluding steroid dienone is 1. The Hall–Kier alpha value is -4.52. The van der Waals surface area contributed by atoms with Crippen LogP contribution in [-0.2, 0) is 10.8 Å². The molecule has 3 nitrogen and oxygen atoms in total. The fourth-order valence-corrected chi connectivity index (χ4v) is 5.62. The molecule has 2 unspecified atom stereocenters. The summed E-state index contributed by atoms with van der Waals surface area (Å²) in [7, 11) is 0. The molecule has 0 amide bonds. The summed E-state index contributed by atoms with van der Waals surface area (Å²) in [6.45, 7) is 2.83. The van der Waals surface area contributed by atoms with E-state index in [4.69, 9.17) is 4.74 Å². The van der Waals surface area contributed by atoms with Crippen LogP contribution >= 0.6 is 0 Å². The van der Waals surface area contributed by atoms with E-state index < -0.39 is 70.1 Å². The molecule has 0 saturated carbocycles. The molecule has 1 fully saturated rings. The van der Waals surface area contributed by atoms with E-state index in [1.807, 2.05) is 12.1 Å². The van der Waals surface area contributed by atoms with Crippen molar-refractivity contribution in [2.75, 3.05) is 6.61 Å². The van der Waals surface area contributed by atoms with Crippen LogP contribution in [0.25, 0.3) is 22.3 Å². The molecule has 1 heterocycles. The van der Waals surface area contributed by atoms with Gasteiger partial charge in [-0.3, -0.25) is 0 Å². The molecular formula is C36H28F10O3. The van der Waals surface area contributed by atoms with Gasteiger partial charge in [0.05, 0.1) is 25.0 Å². The fraction of sp³-hybridized carbons (Fsp3) is 0.278. The zero-order chi connectivity index (χ0) is 35.5. The lowest BCUT2D eigenvalue weighted by Gasteiger charge is -2.29. The smallest absolute Gasteiger partial charge is 0.432 e. The number of rotatable bonds is 10. The molecule has 2 atom stereocenters. The molecule has 0 aliphatic carbocycles. The van der Waals surface area contributed by atoms with Crippen molar-refractivity contribution in [3.8, 4) is 33.8 Å². The number of hydrogen-bond acceptors (Lipinski definition) is 3. The van der Waals surface area contributed by atoms with Gasteiger partial charge in [0.15, 0.2) is 17.4 Å². The van der Waals surface area contributed by atoms with Crippen molar-refractivity contribution in [1.82, 2.24) is 0 Å². The lowest BCUT2D eigenvalue weighted by molar-refractivity contribution is -0.189. The first-order chi connectivity index (χ1) is 23.1. The summed E-state index contributed by atoms with van der Waals surface area (Å²) in [5.41, 5.74) is -0.568. The van der Waals surface area contributed by atoms with Gasteiger partial charge in [-0.05, 0) is 65.6 Å². The van der Waals surface area contributed by atoms with Gasteiger partial charge in [0.1, 0.15) is 28.8 Å². The summed E-state index contributed by atoms with van der Waals surface area (Å²) in [6.07, 6.45) is -6.12. The third kappa shape index (κ3) is 8.56. The van der Waals surface area contributed by atoms with Crippen LogP contribution in [0.2, 0.25) is 0 Å². The number of benzene rings is 4. The van der Waals surface area contributed by atoms with E-state index in [0.717, 1.165) is 37.3 Å². The van der Waals surface area contributed by atoms with Crippen molar-refractivity contribution in [3.05, 3.63) is 119 Å². The maximum absolute atomic E-state index is 15.2. The molecule has 4 aromatic rings. The minimum absolute atomic E-state index is 0.0356. The fourth-order valence-electron chi connectivity index (χ4n) is 5.62. The molecule has 260 valence electrons. The first-order valence-electron chi connectivity index (χ1n) is 15.1. The van der Waals surface area contributed by atoms with Crippen molar-refractivity contribution >= 4 is 0 Å². The lowest BCUT2D eigenvalue weighted by Crippen LogP contribution is -2.25. The Morgan fingerprint density at radius 1 is 0.735 bits per heavy atom. The Balaban J connectivity index is 1.31. The number of halogens is 10. The topological polar surface area (TPSA) is 27.7 Å². The Labute approximate surface area is 274 Å². The third-order valence-electron chi connectivity index (χ3n) is 7.96. The predicted molar refractivity (Wildman–Crippen MR) is 160 cm³/mol. The van der Waals surface area contributed by atoms with Crippen LogP contribution in [0.1, 0.15) is 49.8 Å². The first-order valence-corrected chi connectivity index (χ1v) is 15.1. The van der Waals surface area contributed by atoms with E-state index in [-0.39, 0.29) is 30.1 Å². The van der Waals surface area contributed by atoms with Gasteiger partial charge in [-0.25, -0.2) is 22.0 Å². The standard InChI is InChI=1S/C36H28F10O3/c1-2-3-20-4-11-32(48-19-20)22-7-5-21(6-8-22)23-9-10-26(27(37)14-23)24-15-28(38)33(29(39)16-24)36(45,46)49-25-17-30(40)34(31(41)18-25)47-13-12-35(42,43)44/h5-10,12-18,20,32H,2-4,11,19H2,1H3. The monoisotopic (exact) mass is 698 g/mol. The van der Waals surface area contributed by atoms with Crippen LogP contribution in [0.3, 0.4) is 0 Å².